The second-order valence-electron chi connectivity index (χ2n) is 9.29. The SMILES string of the molecule is O=C(CN(C(=O)c1cccc([N+](=O)[O-])c1)N1C(=O)[C@@H]2[C@H](C1=O)[C@@]1(Cl)C(Cl)=C(Cl)[C@@]2(Cl)C1(Cl)Cl)c1ccc(Cl)cc1Cl. The first-order chi connectivity index (χ1) is 19.0. The lowest BCUT2D eigenvalue weighted by Gasteiger charge is -2.36. The third-order valence-electron chi connectivity index (χ3n) is 7.19. The van der Waals surface area contributed by atoms with Gasteiger partial charge in [0, 0.05) is 28.3 Å². The number of non-ortho nitro benzene ring substituents is 1. The van der Waals surface area contributed by atoms with Crippen molar-refractivity contribution in [2.75, 3.05) is 6.54 Å². The van der Waals surface area contributed by atoms with E-state index in [1.54, 1.807) is 0 Å². The van der Waals surface area contributed by atoms with Gasteiger partial charge >= 0.3 is 0 Å². The molecule has 0 radical (unpaired) electrons. The molecular formula is C24H11Cl8N3O6. The summed E-state index contributed by atoms with van der Waals surface area (Å²) in [5.74, 6) is -7.37. The number of allylic oxidation sites excluding steroid dienone is 2. The molecule has 214 valence electrons. The maximum Gasteiger partial charge on any atom is 0.273 e. The van der Waals surface area contributed by atoms with Gasteiger partial charge in [0.1, 0.15) is 16.3 Å². The van der Waals surface area contributed by atoms with Crippen LogP contribution >= 0.6 is 92.8 Å². The van der Waals surface area contributed by atoms with Gasteiger partial charge in [-0.1, -0.05) is 75.7 Å². The van der Waals surface area contributed by atoms with Gasteiger partial charge in [-0.25, -0.2) is 5.01 Å². The van der Waals surface area contributed by atoms with Crippen molar-refractivity contribution in [3.63, 3.8) is 0 Å². The highest BCUT2D eigenvalue weighted by atomic mass is 35.5. The number of rotatable bonds is 6. The van der Waals surface area contributed by atoms with Crippen molar-refractivity contribution < 1.29 is 24.1 Å². The number of nitro groups is 1. The van der Waals surface area contributed by atoms with E-state index in [1.807, 2.05) is 0 Å². The average molecular weight is 721 g/mol. The number of Topliss-reactive ketones (excluding diaryl/α,β-unsaturated/α-hetero) is 1. The Hall–Kier alpha value is -1.82. The van der Waals surface area contributed by atoms with Crippen LogP contribution in [0.3, 0.4) is 0 Å². The van der Waals surface area contributed by atoms with E-state index in [-0.39, 0.29) is 31.2 Å². The van der Waals surface area contributed by atoms with Crippen LogP contribution in [0.1, 0.15) is 20.7 Å². The standard InChI is InChI=1S/C24H11Cl8N3O6/c25-10-4-5-12(13(26)7-10)14(36)8-33(19(37)9-2-1-3-11(6-9)35(40)41)34-20(38)15-16(21(34)39)23(30)18(28)17(27)22(15,29)24(23,31)32/h1-7,15-16H,8H2/t15-,16+,22-,23-/m1/s1. The maximum absolute atomic E-state index is 13.9. The van der Waals surface area contributed by atoms with Crippen LogP contribution in [0.25, 0.3) is 0 Å². The van der Waals surface area contributed by atoms with E-state index in [1.165, 1.54) is 30.3 Å². The van der Waals surface area contributed by atoms with Gasteiger partial charge < -0.3 is 0 Å². The topological polar surface area (TPSA) is 118 Å². The van der Waals surface area contributed by atoms with Crippen LogP contribution in [0.4, 0.5) is 5.69 Å². The highest BCUT2D eigenvalue weighted by Crippen LogP contribution is 2.77. The molecular weight excluding hydrogens is 710 g/mol. The van der Waals surface area contributed by atoms with E-state index in [2.05, 4.69) is 0 Å². The van der Waals surface area contributed by atoms with Crippen LogP contribution in [0, 0.1) is 22.0 Å². The smallest absolute Gasteiger partial charge is 0.273 e. The summed E-state index contributed by atoms with van der Waals surface area (Å²) in [5.41, 5.74) is -0.884. The van der Waals surface area contributed by atoms with Crippen molar-refractivity contribution >= 4 is 122 Å². The van der Waals surface area contributed by atoms with Crippen molar-refractivity contribution in [2.45, 2.75) is 14.1 Å². The van der Waals surface area contributed by atoms with E-state index in [0.29, 0.717) is 10.0 Å². The molecule has 5 rings (SSSR count). The summed E-state index contributed by atoms with van der Waals surface area (Å²) < 4.78 is -2.23. The zero-order chi connectivity index (χ0) is 30.4. The third kappa shape index (κ3) is 4.04. The molecule has 4 atom stereocenters. The van der Waals surface area contributed by atoms with Gasteiger partial charge in [-0.2, -0.15) is 5.01 Å². The molecule has 3 aliphatic rings. The van der Waals surface area contributed by atoms with Crippen LogP contribution < -0.4 is 0 Å². The fourth-order valence-corrected chi connectivity index (χ4v) is 8.73. The third-order valence-corrected chi connectivity index (χ3v) is 12.0. The molecule has 2 aromatic carbocycles. The molecule has 1 saturated carbocycles. The van der Waals surface area contributed by atoms with Gasteiger partial charge in [0.05, 0.1) is 31.8 Å². The fourth-order valence-electron chi connectivity index (χ4n) is 5.29. The minimum Gasteiger partial charge on any atom is -0.292 e. The summed E-state index contributed by atoms with van der Waals surface area (Å²) in [4.78, 5) is 61.2. The Bertz CT molecular complexity index is 1590. The molecule has 0 aromatic heterocycles. The van der Waals surface area contributed by atoms with Crippen LogP contribution in [0.5, 0.6) is 0 Å². The lowest BCUT2D eigenvalue weighted by molar-refractivity contribution is -0.384. The number of hydrazine groups is 1. The van der Waals surface area contributed by atoms with E-state index in [9.17, 15) is 29.3 Å². The Labute approximate surface area is 270 Å². The van der Waals surface area contributed by atoms with E-state index in [0.717, 1.165) is 12.1 Å². The number of carbonyl (C=O) groups excluding carboxylic acids is 4. The number of halogens is 8. The number of alkyl halides is 4. The quantitative estimate of drug-likeness (QED) is 0.109. The number of fused-ring (bicyclic) bond motifs is 5. The summed E-state index contributed by atoms with van der Waals surface area (Å²) in [5, 5.41) is 11.7. The monoisotopic (exact) mass is 717 g/mol. The highest BCUT2D eigenvalue weighted by Gasteiger charge is 2.88. The lowest BCUT2D eigenvalue weighted by Crippen LogP contribution is -2.56. The molecule has 1 heterocycles. The molecule has 1 aliphatic heterocycles. The van der Waals surface area contributed by atoms with Crippen molar-refractivity contribution in [1.82, 2.24) is 10.0 Å². The number of carbonyl (C=O) groups is 4. The zero-order valence-electron chi connectivity index (χ0n) is 19.7. The Kier molecular flexibility index (Phi) is 7.57. The number of nitrogens with zero attached hydrogens (tertiary/aromatic N) is 3. The van der Waals surface area contributed by atoms with Crippen LogP contribution in [-0.4, -0.2) is 59.1 Å². The molecule has 17 heteroatoms. The molecule has 2 aromatic rings. The predicted octanol–water partition coefficient (Wildman–Crippen LogP) is 6.59. The van der Waals surface area contributed by atoms with Crippen molar-refractivity contribution in [3.8, 4) is 0 Å². The summed E-state index contributed by atoms with van der Waals surface area (Å²) in [6.07, 6.45) is 0. The Balaban J connectivity index is 1.62. The Morgan fingerprint density at radius 2 is 1.46 bits per heavy atom. The van der Waals surface area contributed by atoms with Crippen LogP contribution in [0.15, 0.2) is 52.5 Å². The number of benzene rings is 2. The number of ketones is 1. The molecule has 9 nitrogen and oxygen atoms in total. The summed E-state index contributed by atoms with van der Waals surface area (Å²) >= 11 is 51.3. The zero-order valence-corrected chi connectivity index (χ0v) is 25.8. The Morgan fingerprint density at radius 3 is 1.98 bits per heavy atom. The van der Waals surface area contributed by atoms with Gasteiger partial charge in [0.25, 0.3) is 23.4 Å². The van der Waals surface area contributed by atoms with Crippen molar-refractivity contribution in [1.29, 1.82) is 0 Å². The molecule has 0 unspecified atom stereocenters. The minimum absolute atomic E-state index is 0.0736. The first-order valence-corrected chi connectivity index (χ1v) is 14.3. The highest BCUT2D eigenvalue weighted by molar-refractivity contribution is 6.66. The fraction of sp³-hybridized carbons (Fsp3) is 0.250. The van der Waals surface area contributed by atoms with Crippen molar-refractivity contribution in [3.05, 3.63) is 83.8 Å². The minimum atomic E-state index is -2.23. The molecule has 2 fully saturated rings. The number of nitro benzene ring substituents is 1. The van der Waals surface area contributed by atoms with Gasteiger partial charge in [-0.05, 0) is 24.3 Å². The molecule has 0 spiro atoms. The summed E-state index contributed by atoms with van der Waals surface area (Å²) in [7, 11) is 0. The van der Waals surface area contributed by atoms with E-state index >= 15 is 0 Å². The molecule has 2 bridgehead atoms. The first-order valence-electron chi connectivity index (χ1n) is 11.3. The molecule has 41 heavy (non-hydrogen) atoms. The largest absolute Gasteiger partial charge is 0.292 e. The van der Waals surface area contributed by atoms with E-state index in [4.69, 9.17) is 92.8 Å². The summed E-state index contributed by atoms with van der Waals surface area (Å²) in [6, 6.07) is 8.37. The molecule has 3 amide bonds. The van der Waals surface area contributed by atoms with Gasteiger partial charge in [-0.15, -0.1) is 23.2 Å². The van der Waals surface area contributed by atoms with Gasteiger partial charge in [0.2, 0.25) is 0 Å². The second-order valence-corrected chi connectivity index (χ2v) is 13.4. The van der Waals surface area contributed by atoms with Gasteiger partial charge in [-0.3, -0.25) is 29.3 Å². The lowest BCUT2D eigenvalue weighted by atomic mass is 9.84. The molecule has 1 saturated heterocycles. The molecule has 0 N–H and O–H groups in total. The number of imide groups is 1. The number of hydrogen-bond donors (Lipinski definition) is 0. The van der Waals surface area contributed by atoms with Crippen LogP contribution in [-0.2, 0) is 9.59 Å². The van der Waals surface area contributed by atoms with Crippen molar-refractivity contribution in [2.24, 2.45) is 11.8 Å². The average Bonchev–Trinajstić information content (AvgIpc) is 3.30. The molecule has 2 aliphatic carbocycles. The van der Waals surface area contributed by atoms with Gasteiger partial charge in [0.15, 0.2) is 10.1 Å². The number of hydrogen-bond acceptors (Lipinski definition) is 6. The normalized spacial score (nSPS) is 27.9. The predicted molar refractivity (Wildman–Crippen MR) is 154 cm³/mol. The van der Waals surface area contributed by atoms with E-state index < -0.39 is 66.6 Å². The summed E-state index contributed by atoms with van der Waals surface area (Å²) in [6.45, 7) is -0.924. The second kappa shape index (κ2) is 10.1. The number of amides is 3. The maximum atomic E-state index is 13.9. The van der Waals surface area contributed by atoms with Crippen LogP contribution in [0.2, 0.25) is 10.0 Å². The Morgan fingerprint density at radius 1 is 0.902 bits per heavy atom. The first kappa shape index (κ1) is 30.6.